The number of nitrogens with one attached hydrogen (secondary N) is 1. The van der Waals surface area contributed by atoms with Crippen LogP contribution < -0.4 is 10.5 Å². The molecule has 60 valence electrons. The maximum absolute atomic E-state index is 10.4. The molecule has 0 atom stereocenters. The van der Waals surface area contributed by atoms with Gasteiger partial charge < -0.3 is 5.32 Å². The third kappa shape index (κ3) is 3.81. The molecule has 1 fully saturated rings. The average Bonchev–Trinajstić information content (AvgIpc) is 2.45. The van der Waals surface area contributed by atoms with Crippen molar-refractivity contribution < 1.29 is 8.42 Å². The lowest BCUT2D eigenvalue weighted by Gasteiger charge is -1.98. The molecule has 3 N–H and O–H groups in total. The van der Waals surface area contributed by atoms with Gasteiger partial charge in [-0.1, -0.05) is 0 Å². The zero-order valence-corrected chi connectivity index (χ0v) is 6.52. The summed E-state index contributed by atoms with van der Waals surface area (Å²) in [4.78, 5) is 0. The molecule has 4 nitrogen and oxygen atoms in total. The van der Waals surface area contributed by atoms with Gasteiger partial charge in [0.15, 0.2) is 0 Å². The minimum Gasteiger partial charge on any atom is -0.313 e. The SMILES string of the molecule is NS(=O)(=O)CCNC1CC1. The van der Waals surface area contributed by atoms with Gasteiger partial charge in [0.05, 0.1) is 5.75 Å². The molecule has 0 heterocycles. The van der Waals surface area contributed by atoms with Crippen molar-refractivity contribution in [3.05, 3.63) is 0 Å². The number of sulfonamides is 1. The molecular formula is C5H12N2O2S. The molecule has 0 radical (unpaired) electrons. The van der Waals surface area contributed by atoms with E-state index in [9.17, 15) is 8.42 Å². The Kier molecular flexibility index (Phi) is 2.28. The molecular weight excluding hydrogens is 152 g/mol. The van der Waals surface area contributed by atoms with Gasteiger partial charge in [-0.3, -0.25) is 0 Å². The van der Waals surface area contributed by atoms with E-state index in [-0.39, 0.29) is 5.75 Å². The highest BCUT2D eigenvalue weighted by Gasteiger charge is 2.20. The Morgan fingerprint density at radius 3 is 2.50 bits per heavy atom. The Morgan fingerprint density at radius 1 is 1.50 bits per heavy atom. The fourth-order valence-electron chi connectivity index (χ4n) is 0.693. The van der Waals surface area contributed by atoms with Crippen LogP contribution in [0.3, 0.4) is 0 Å². The zero-order chi connectivity index (χ0) is 7.61. The monoisotopic (exact) mass is 164 g/mol. The molecule has 0 bridgehead atoms. The molecule has 1 saturated carbocycles. The molecule has 10 heavy (non-hydrogen) atoms. The van der Waals surface area contributed by atoms with Crippen LogP contribution in [0.5, 0.6) is 0 Å². The maximum atomic E-state index is 10.4. The number of hydrogen-bond acceptors (Lipinski definition) is 3. The highest BCUT2D eigenvalue weighted by atomic mass is 32.2. The summed E-state index contributed by atoms with van der Waals surface area (Å²) in [5.74, 6) is 0.0451. The van der Waals surface area contributed by atoms with Crippen molar-refractivity contribution in [1.29, 1.82) is 0 Å². The summed E-state index contributed by atoms with van der Waals surface area (Å²) >= 11 is 0. The van der Waals surface area contributed by atoms with Gasteiger partial charge in [0, 0.05) is 12.6 Å². The van der Waals surface area contributed by atoms with Crippen LogP contribution in [0.4, 0.5) is 0 Å². The van der Waals surface area contributed by atoms with Gasteiger partial charge in [-0.15, -0.1) is 0 Å². The van der Waals surface area contributed by atoms with Crippen LogP contribution in [0.25, 0.3) is 0 Å². The second kappa shape index (κ2) is 2.86. The second-order valence-corrected chi connectivity index (χ2v) is 4.33. The standard InChI is InChI=1S/C5H12N2O2S/c6-10(8,9)4-3-7-5-1-2-5/h5,7H,1-4H2,(H2,6,8,9). The van der Waals surface area contributed by atoms with Crippen LogP contribution in [0.2, 0.25) is 0 Å². The first kappa shape index (κ1) is 7.97. The second-order valence-electron chi connectivity index (χ2n) is 2.60. The van der Waals surface area contributed by atoms with Crippen molar-refractivity contribution in [2.75, 3.05) is 12.3 Å². The molecule has 1 rings (SSSR count). The quantitative estimate of drug-likeness (QED) is 0.561. The van der Waals surface area contributed by atoms with Gasteiger partial charge >= 0.3 is 0 Å². The van der Waals surface area contributed by atoms with Crippen LogP contribution in [0, 0.1) is 0 Å². The summed E-state index contributed by atoms with van der Waals surface area (Å²) in [5, 5.41) is 7.83. The number of hydrogen-bond donors (Lipinski definition) is 2. The molecule has 0 aromatic heterocycles. The molecule has 1 aliphatic rings. The van der Waals surface area contributed by atoms with Crippen LogP contribution in [0.1, 0.15) is 12.8 Å². The van der Waals surface area contributed by atoms with E-state index in [0.717, 1.165) is 0 Å². The van der Waals surface area contributed by atoms with E-state index in [4.69, 9.17) is 5.14 Å². The smallest absolute Gasteiger partial charge is 0.210 e. The zero-order valence-electron chi connectivity index (χ0n) is 5.71. The topological polar surface area (TPSA) is 72.2 Å². The molecule has 0 aromatic carbocycles. The minimum atomic E-state index is -3.25. The Balaban J connectivity index is 2.04. The van der Waals surface area contributed by atoms with Crippen LogP contribution in [-0.2, 0) is 10.0 Å². The summed E-state index contributed by atoms with van der Waals surface area (Å²) in [5.41, 5.74) is 0. The molecule has 0 saturated heterocycles. The van der Waals surface area contributed by atoms with E-state index in [1.807, 2.05) is 0 Å². The van der Waals surface area contributed by atoms with Crippen molar-refractivity contribution in [2.45, 2.75) is 18.9 Å². The molecule has 0 aliphatic heterocycles. The largest absolute Gasteiger partial charge is 0.313 e. The number of primary sulfonamides is 1. The number of rotatable bonds is 4. The first-order valence-electron chi connectivity index (χ1n) is 3.32. The summed E-state index contributed by atoms with van der Waals surface area (Å²) in [6.07, 6.45) is 2.34. The van der Waals surface area contributed by atoms with E-state index in [0.29, 0.717) is 12.6 Å². The molecule has 5 heteroatoms. The first-order chi connectivity index (χ1) is 4.58. The van der Waals surface area contributed by atoms with E-state index in [2.05, 4.69) is 5.32 Å². The van der Waals surface area contributed by atoms with Crippen LogP contribution >= 0.6 is 0 Å². The Hall–Kier alpha value is -0.130. The van der Waals surface area contributed by atoms with Crippen molar-refractivity contribution in [3.63, 3.8) is 0 Å². The Bertz CT molecular complexity index is 196. The molecule has 1 aliphatic carbocycles. The summed E-state index contributed by atoms with van der Waals surface area (Å²) < 4.78 is 20.7. The van der Waals surface area contributed by atoms with Crippen molar-refractivity contribution in [3.8, 4) is 0 Å². The lowest BCUT2D eigenvalue weighted by Crippen LogP contribution is -2.28. The summed E-state index contributed by atoms with van der Waals surface area (Å²) in [7, 11) is -3.25. The summed E-state index contributed by atoms with van der Waals surface area (Å²) in [6, 6.07) is 0.557. The lowest BCUT2D eigenvalue weighted by molar-refractivity contribution is 0.592. The molecule has 0 spiro atoms. The van der Waals surface area contributed by atoms with Gasteiger partial charge in [0.25, 0.3) is 0 Å². The maximum Gasteiger partial charge on any atom is 0.210 e. The fraction of sp³-hybridized carbons (Fsp3) is 1.00. The van der Waals surface area contributed by atoms with Gasteiger partial charge in [0.1, 0.15) is 0 Å². The molecule has 0 aromatic rings. The van der Waals surface area contributed by atoms with Gasteiger partial charge in [-0.05, 0) is 12.8 Å². The van der Waals surface area contributed by atoms with E-state index in [1.54, 1.807) is 0 Å². The van der Waals surface area contributed by atoms with Crippen molar-refractivity contribution in [2.24, 2.45) is 5.14 Å². The Labute approximate surface area is 60.8 Å². The van der Waals surface area contributed by atoms with Gasteiger partial charge in [0.2, 0.25) is 10.0 Å². The lowest BCUT2D eigenvalue weighted by atomic mass is 10.6. The number of nitrogens with two attached hydrogens (primary N) is 1. The van der Waals surface area contributed by atoms with Crippen molar-refractivity contribution >= 4 is 10.0 Å². The fourth-order valence-corrected chi connectivity index (χ4v) is 1.10. The highest BCUT2D eigenvalue weighted by molar-refractivity contribution is 7.89. The predicted molar refractivity (Wildman–Crippen MR) is 39.0 cm³/mol. The normalized spacial score (nSPS) is 19.3. The van der Waals surface area contributed by atoms with E-state index in [1.165, 1.54) is 12.8 Å². The third-order valence-electron chi connectivity index (χ3n) is 1.40. The third-order valence-corrected chi connectivity index (χ3v) is 2.17. The molecule has 0 amide bonds. The highest BCUT2D eigenvalue weighted by Crippen LogP contribution is 2.17. The first-order valence-corrected chi connectivity index (χ1v) is 5.03. The van der Waals surface area contributed by atoms with Crippen LogP contribution in [-0.4, -0.2) is 26.8 Å². The van der Waals surface area contributed by atoms with Crippen molar-refractivity contribution in [1.82, 2.24) is 5.32 Å². The van der Waals surface area contributed by atoms with E-state index < -0.39 is 10.0 Å². The van der Waals surface area contributed by atoms with Gasteiger partial charge in [-0.25, -0.2) is 13.6 Å². The van der Waals surface area contributed by atoms with E-state index >= 15 is 0 Å². The Morgan fingerprint density at radius 2 is 2.10 bits per heavy atom. The minimum absolute atomic E-state index is 0.0451. The van der Waals surface area contributed by atoms with Gasteiger partial charge in [-0.2, -0.15) is 0 Å². The predicted octanol–water partition coefficient (Wildman–Crippen LogP) is -0.973. The average molecular weight is 164 g/mol. The van der Waals surface area contributed by atoms with Crippen LogP contribution in [0.15, 0.2) is 0 Å². The summed E-state index contributed by atoms with van der Waals surface area (Å²) in [6.45, 7) is 0.490. The molecule has 0 unspecified atom stereocenters.